The Balaban J connectivity index is 1.61. The lowest BCUT2D eigenvalue weighted by Gasteiger charge is -2.04. The van der Waals surface area contributed by atoms with Crippen molar-refractivity contribution in [3.63, 3.8) is 0 Å². The zero-order valence-electron chi connectivity index (χ0n) is 13.3. The molecule has 2 aromatic rings. The van der Waals surface area contributed by atoms with Gasteiger partial charge in [0.05, 0.1) is 0 Å². The standard InChI is InChI=1S/C20H28S/c1-2-3-4-5-6-7-8-9-10-18-11-13-19(14-12-18)20-15-16-21-17-20/h11-17H,2-10H2,1H3. The molecule has 0 spiro atoms. The van der Waals surface area contributed by atoms with E-state index in [0.717, 1.165) is 0 Å². The molecule has 0 saturated carbocycles. The zero-order chi connectivity index (χ0) is 14.8. The van der Waals surface area contributed by atoms with Crippen molar-refractivity contribution in [2.24, 2.45) is 0 Å². The number of hydrogen-bond acceptors (Lipinski definition) is 1. The van der Waals surface area contributed by atoms with Crippen LogP contribution >= 0.6 is 11.3 Å². The first kappa shape index (κ1) is 16.3. The second-order valence-corrected chi connectivity index (χ2v) is 6.71. The van der Waals surface area contributed by atoms with Crippen molar-refractivity contribution in [2.45, 2.75) is 64.7 Å². The molecule has 1 aromatic carbocycles. The molecule has 0 aliphatic rings. The van der Waals surface area contributed by atoms with Crippen LogP contribution < -0.4 is 0 Å². The van der Waals surface area contributed by atoms with E-state index in [4.69, 9.17) is 0 Å². The maximum Gasteiger partial charge on any atom is -0.00147 e. The lowest BCUT2D eigenvalue weighted by atomic mass is 10.0. The van der Waals surface area contributed by atoms with Crippen LogP contribution in [0.1, 0.15) is 63.9 Å². The molecule has 0 aliphatic heterocycles. The van der Waals surface area contributed by atoms with Crippen molar-refractivity contribution in [1.29, 1.82) is 0 Å². The topological polar surface area (TPSA) is 0 Å². The first-order valence-electron chi connectivity index (χ1n) is 8.51. The Morgan fingerprint density at radius 2 is 1.38 bits per heavy atom. The Morgan fingerprint density at radius 1 is 0.714 bits per heavy atom. The minimum absolute atomic E-state index is 1.23. The van der Waals surface area contributed by atoms with Gasteiger partial charge in [-0.15, -0.1) is 0 Å². The Hall–Kier alpha value is -1.08. The number of benzene rings is 1. The van der Waals surface area contributed by atoms with Crippen LogP contribution in [0.3, 0.4) is 0 Å². The van der Waals surface area contributed by atoms with Gasteiger partial charge in [-0.2, -0.15) is 11.3 Å². The van der Waals surface area contributed by atoms with E-state index in [2.05, 4.69) is 48.0 Å². The Morgan fingerprint density at radius 3 is 2.00 bits per heavy atom. The van der Waals surface area contributed by atoms with Crippen molar-refractivity contribution in [3.8, 4) is 11.1 Å². The third-order valence-electron chi connectivity index (χ3n) is 4.13. The highest BCUT2D eigenvalue weighted by atomic mass is 32.1. The summed E-state index contributed by atoms with van der Waals surface area (Å²) in [6.07, 6.45) is 12.4. The number of rotatable bonds is 10. The van der Waals surface area contributed by atoms with Crippen molar-refractivity contribution >= 4 is 11.3 Å². The van der Waals surface area contributed by atoms with Gasteiger partial charge in [-0.1, -0.05) is 76.1 Å². The molecular formula is C20H28S. The molecule has 1 heteroatoms. The molecule has 0 saturated heterocycles. The summed E-state index contributed by atoms with van der Waals surface area (Å²) in [6.45, 7) is 2.28. The maximum atomic E-state index is 2.30. The minimum Gasteiger partial charge on any atom is -0.152 e. The fourth-order valence-electron chi connectivity index (χ4n) is 2.76. The molecule has 114 valence electrons. The lowest BCUT2D eigenvalue weighted by molar-refractivity contribution is 0.575. The van der Waals surface area contributed by atoms with E-state index in [1.54, 1.807) is 11.3 Å². The molecule has 0 fully saturated rings. The highest BCUT2D eigenvalue weighted by molar-refractivity contribution is 7.08. The van der Waals surface area contributed by atoms with E-state index < -0.39 is 0 Å². The smallest absolute Gasteiger partial charge is 0.00147 e. The van der Waals surface area contributed by atoms with Crippen molar-refractivity contribution in [1.82, 2.24) is 0 Å². The monoisotopic (exact) mass is 300 g/mol. The van der Waals surface area contributed by atoms with E-state index in [-0.39, 0.29) is 0 Å². The van der Waals surface area contributed by atoms with Gasteiger partial charge in [0.25, 0.3) is 0 Å². The molecule has 0 unspecified atom stereocenters. The molecule has 0 N–H and O–H groups in total. The Labute approximate surface area is 134 Å². The molecule has 1 aromatic heterocycles. The fraction of sp³-hybridized carbons (Fsp3) is 0.500. The Bertz CT molecular complexity index is 467. The van der Waals surface area contributed by atoms with Crippen LogP contribution in [0.2, 0.25) is 0 Å². The molecule has 0 bridgehead atoms. The van der Waals surface area contributed by atoms with Crippen LogP contribution in [0.15, 0.2) is 41.1 Å². The summed E-state index contributed by atoms with van der Waals surface area (Å²) in [4.78, 5) is 0. The first-order chi connectivity index (χ1) is 10.4. The quantitative estimate of drug-likeness (QED) is 0.410. The second kappa shape index (κ2) is 9.78. The zero-order valence-corrected chi connectivity index (χ0v) is 14.1. The van der Waals surface area contributed by atoms with Crippen LogP contribution in [0.25, 0.3) is 11.1 Å². The molecular weight excluding hydrogens is 272 g/mol. The third kappa shape index (κ3) is 6.05. The molecule has 0 nitrogen and oxygen atoms in total. The molecule has 2 rings (SSSR count). The molecule has 21 heavy (non-hydrogen) atoms. The maximum absolute atomic E-state index is 2.30. The summed E-state index contributed by atoms with van der Waals surface area (Å²) in [5.74, 6) is 0. The summed E-state index contributed by atoms with van der Waals surface area (Å²) < 4.78 is 0. The van der Waals surface area contributed by atoms with Crippen molar-refractivity contribution in [3.05, 3.63) is 46.7 Å². The number of unbranched alkanes of at least 4 members (excludes halogenated alkanes) is 7. The fourth-order valence-corrected chi connectivity index (χ4v) is 3.42. The largest absolute Gasteiger partial charge is 0.152 e. The van der Waals surface area contributed by atoms with Gasteiger partial charge in [0, 0.05) is 0 Å². The van der Waals surface area contributed by atoms with Gasteiger partial charge in [-0.05, 0) is 46.4 Å². The normalized spacial score (nSPS) is 10.9. The summed E-state index contributed by atoms with van der Waals surface area (Å²) in [5.41, 5.74) is 4.18. The van der Waals surface area contributed by atoms with Gasteiger partial charge in [-0.3, -0.25) is 0 Å². The van der Waals surface area contributed by atoms with Crippen LogP contribution in [0.5, 0.6) is 0 Å². The van der Waals surface area contributed by atoms with E-state index in [9.17, 15) is 0 Å². The van der Waals surface area contributed by atoms with Crippen molar-refractivity contribution in [2.75, 3.05) is 0 Å². The SMILES string of the molecule is CCCCCCCCCCc1ccc(-c2ccsc2)cc1. The average Bonchev–Trinajstić information content (AvgIpc) is 3.05. The van der Waals surface area contributed by atoms with E-state index in [1.165, 1.54) is 74.5 Å². The van der Waals surface area contributed by atoms with Gasteiger partial charge in [0.2, 0.25) is 0 Å². The van der Waals surface area contributed by atoms with Gasteiger partial charge in [0.1, 0.15) is 0 Å². The molecule has 0 aliphatic carbocycles. The van der Waals surface area contributed by atoms with Crippen molar-refractivity contribution < 1.29 is 0 Å². The molecule has 0 atom stereocenters. The number of thiophene rings is 1. The predicted molar refractivity (Wildman–Crippen MR) is 96.1 cm³/mol. The summed E-state index contributed by atoms with van der Waals surface area (Å²) in [5, 5.41) is 4.36. The summed E-state index contributed by atoms with van der Waals surface area (Å²) in [7, 11) is 0. The van der Waals surface area contributed by atoms with Crippen LogP contribution in [0.4, 0.5) is 0 Å². The first-order valence-corrected chi connectivity index (χ1v) is 9.46. The van der Waals surface area contributed by atoms with E-state index in [1.807, 2.05) is 0 Å². The number of aryl methyl sites for hydroxylation is 1. The van der Waals surface area contributed by atoms with Crippen LogP contribution in [0, 0.1) is 0 Å². The average molecular weight is 301 g/mol. The highest BCUT2D eigenvalue weighted by Crippen LogP contribution is 2.22. The van der Waals surface area contributed by atoms with Gasteiger partial charge in [0.15, 0.2) is 0 Å². The second-order valence-electron chi connectivity index (χ2n) is 5.93. The number of hydrogen-bond donors (Lipinski definition) is 0. The van der Waals surface area contributed by atoms with E-state index >= 15 is 0 Å². The summed E-state index contributed by atoms with van der Waals surface area (Å²) in [6, 6.07) is 11.3. The predicted octanol–water partition coefficient (Wildman–Crippen LogP) is 7.10. The third-order valence-corrected chi connectivity index (χ3v) is 4.81. The molecule has 0 radical (unpaired) electrons. The Kier molecular flexibility index (Phi) is 7.59. The van der Waals surface area contributed by atoms with Gasteiger partial charge >= 0.3 is 0 Å². The highest BCUT2D eigenvalue weighted by Gasteiger charge is 1.99. The molecule has 0 amide bonds. The summed E-state index contributed by atoms with van der Waals surface area (Å²) >= 11 is 1.76. The molecule has 1 heterocycles. The minimum atomic E-state index is 1.23. The lowest BCUT2D eigenvalue weighted by Crippen LogP contribution is -1.87. The van der Waals surface area contributed by atoms with E-state index in [0.29, 0.717) is 0 Å². The van der Waals surface area contributed by atoms with Crippen LogP contribution in [-0.2, 0) is 6.42 Å². The van der Waals surface area contributed by atoms with Crippen LogP contribution in [-0.4, -0.2) is 0 Å². The van der Waals surface area contributed by atoms with Gasteiger partial charge < -0.3 is 0 Å². The van der Waals surface area contributed by atoms with Gasteiger partial charge in [-0.25, -0.2) is 0 Å².